The molecule has 0 N–H and O–H groups in total. The molecule has 1 aromatic carbocycles. The van der Waals surface area contributed by atoms with Crippen LogP contribution in [0.3, 0.4) is 0 Å². The highest BCUT2D eigenvalue weighted by Crippen LogP contribution is 2.56. The molecule has 0 bridgehead atoms. The second-order valence-corrected chi connectivity index (χ2v) is 7.17. The largest absolute Gasteiger partial charge is 0.489 e. The highest BCUT2D eigenvalue weighted by Gasteiger charge is 2.55. The van der Waals surface area contributed by atoms with Crippen LogP contribution in [-0.4, -0.2) is 10.9 Å². The number of aryl methyl sites for hydroxylation is 1. The Morgan fingerprint density at radius 2 is 1.95 bits per heavy atom. The molecule has 2 unspecified atom stereocenters. The van der Waals surface area contributed by atoms with E-state index in [0.717, 1.165) is 18.6 Å². The first-order chi connectivity index (χ1) is 9.26. The van der Waals surface area contributed by atoms with E-state index in [1.807, 2.05) is 0 Å². The monoisotopic (exact) mass is 322 g/mol. The smallest absolute Gasteiger partial charge is 0.122 e. The van der Waals surface area contributed by atoms with Crippen LogP contribution in [0, 0.1) is 5.41 Å². The molecule has 2 saturated carbocycles. The molecule has 2 fully saturated rings. The fraction of sp³-hybridized carbons (Fsp3) is 0.647. The van der Waals surface area contributed by atoms with E-state index < -0.39 is 0 Å². The van der Waals surface area contributed by atoms with Crippen LogP contribution >= 0.6 is 15.9 Å². The van der Waals surface area contributed by atoms with Crippen molar-refractivity contribution in [1.29, 1.82) is 0 Å². The van der Waals surface area contributed by atoms with Gasteiger partial charge in [0.15, 0.2) is 0 Å². The minimum absolute atomic E-state index is 0.416. The predicted molar refractivity (Wildman–Crippen MR) is 83.1 cm³/mol. The number of hydrogen-bond acceptors (Lipinski definition) is 1. The van der Waals surface area contributed by atoms with Crippen molar-refractivity contribution in [2.75, 3.05) is 0 Å². The van der Waals surface area contributed by atoms with Crippen LogP contribution in [0.15, 0.2) is 24.3 Å². The molecule has 104 valence electrons. The summed E-state index contributed by atoms with van der Waals surface area (Å²) in [6.07, 6.45) is 9.45. The van der Waals surface area contributed by atoms with Gasteiger partial charge in [0.2, 0.25) is 0 Å². The Bertz CT molecular complexity index is 437. The summed E-state index contributed by atoms with van der Waals surface area (Å²) < 4.78 is 6.41. The third kappa shape index (κ3) is 2.33. The zero-order valence-electron chi connectivity index (χ0n) is 11.7. The molecule has 0 radical (unpaired) electrons. The fourth-order valence-corrected chi connectivity index (χ4v) is 4.87. The van der Waals surface area contributed by atoms with Crippen LogP contribution in [-0.2, 0) is 6.42 Å². The lowest BCUT2D eigenvalue weighted by atomic mass is 9.58. The van der Waals surface area contributed by atoms with Crippen LogP contribution in [0.4, 0.5) is 0 Å². The maximum Gasteiger partial charge on any atom is 0.122 e. The van der Waals surface area contributed by atoms with Gasteiger partial charge in [-0.3, -0.25) is 0 Å². The van der Waals surface area contributed by atoms with Gasteiger partial charge in [0.05, 0.1) is 0 Å². The summed E-state index contributed by atoms with van der Waals surface area (Å²) in [7, 11) is 0. The Hall–Kier alpha value is -0.500. The van der Waals surface area contributed by atoms with Gasteiger partial charge >= 0.3 is 0 Å². The molecule has 1 spiro atoms. The molecular weight excluding hydrogens is 300 g/mol. The van der Waals surface area contributed by atoms with Crippen LogP contribution in [0.25, 0.3) is 0 Å². The quantitative estimate of drug-likeness (QED) is 0.702. The van der Waals surface area contributed by atoms with E-state index in [4.69, 9.17) is 4.74 Å². The lowest BCUT2D eigenvalue weighted by molar-refractivity contribution is -0.0605. The standard InChI is InChI=1S/C17H23BrO/c1-2-13-8-4-5-9-14(13)19-16-12-15(18)17(16)10-6-3-7-11-17/h4-5,8-9,15-16H,2-3,6-7,10-12H2,1H3. The molecule has 3 rings (SSSR count). The predicted octanol–water partition coefficient (Wildman–Crippen LogP) is 5.11. The van der Waals surface area contributed by atoms with Crippen molar-refractivity contribution in [2.45, 2.75) is 62.8 Å². The molecule has 2 atom stereocenters. The average Bonchev–Trinajstić information content (AvgIpc) is 2.48. The molecule has 0 heterocycles. The second-order valence-electron chi connectivity index (χ2n) is 6.06. The minimum Gasteiger partial charge on any atom is -0.489 e. The van der Waals surface area contributed by atoms with Crippen molar-refractivity contribution in [2.24, 2.45) is 5.41 Å². The van der Waals surface area contributed by atoms with E-state index in [1.54, 1.807) is 0 Å². The van der Waals surface area contributed by atoms with Gasteiger partial charge in [-0.25, -0.2) is 0 Å². The normalized spacial score (nSPS) is 28.9. The lowest BCUT2D eigenvalue weighted by Gasteiger charge is -2.55. The van der Waals surface area contributed by atoms with Crippen LogP contribution < -0.4 is 4.74 Å². The Morgan fingerprint density at radius 3 is 2.63 bits per heavy atom. The van der Waals surface area contributed by atoms with E-state index in [9.17, 15) is 0 Å². The van der Waals surface area contributed by atoms with E-state index >= 15 is 0 Å². The van der Waals surface area contributed by atoms with Crippen molar-refractivity contribution in [3.05, 3.63) is 29.8 Å². The molecule has 0 aliphatic heterocycles. The van der Waals surface area contributed by atoms with Gasteiger partial charge in [-0.2, -0.15) is 0 Å². The summed E-state index contributed by atoms with van der Waals surface area (Å²) in [5.74, 6) is 1.11. The van der Waals surface area contributed by atoms with E-state index in [2.05, 4.69) is 47.1 Å². The van der Waals surface area contributed by atoms with E-state index in [0.29, 0.717) is 16.3 Å². The highest BCUT2D eigenvalue weighted by molar-refractivity contribution is 9.09. The molecule has 1 aromatic rings. The third-order valence-corrected chi connectivity index (χ3v) is 6.38. The van der Waals surface area contributed by atoms with Crippen LogP contribution in [0.2, 0.25) is 0 Å². The van der Waals surface area contributed by atoms with Gasteiger partial charge in [-0.05, 0) is 37.3 Å². The number of ether oxygens (including phenoxy) is 1. The van der Waals surface area contributed by atoms with Gasteiger partial charge in [-0.1, -0.05) is 60.3 Å². The topological polar surface area (TPSA) is 9.23 Å². The van der Waals surface area contributed by atoms with Gasteiger partial charge < -0.3 is 4.74 Å². The number of alkyl halides is 1. The summed E-state index contributed by atoms with van der Waals surface area (Å²) in [6.45, 7) is 2.20. The van der Waals surface area contributed by atoms with Crippen molar-refractivity contribution in [1.82, 2.24) is 0 Å². The number of para-hydroxylation sites is 1. The minimum atomic E-state index is 0.416. The molecule has 2 aliphatic carbocycles. The number of benzene rings is 1. The second kappa shape index (κ2) is 5.47. The molecular formula is C17H23BrO. The molecule has 2 heteroatoms. The Labute approximate surface area is 124 Å². The van der Waals surface area contributed by atoms with Gasteiger partial charge in [0.25, 0.3) is 0 Å². The summed E-state index contributed by atoms with van der Waals surface area (Å²) in [4.78, 5) is 0.666. The summed E-state index contributed by atoms with van der Waals surface area (Å²) in [5.41, 5.74) is 1.76. The third-order valence-electron chi connectivity index (χ3n) is 5.09. The fourth-order valence-electron chi connectivity index (χ4n) is 3.77. The Morgan fingerprint density at radius 1 is 1.21 bits per heavy atom. The first kappa shape index (κ1) is 13.5. The zero-order chi connectivity index (χ0) is 13.3. The van der Waals surface area contributed by atoms with Gasteiger partial charge in [0, 0.05) is 10.2 Å². The number of rotatable bonds is 3. The number of halogens is 1. The van der Waals surface area contributed by atoms with Gasteiger partial charge in [0.1, 0.15) is 11.9 Å². The number of hydrogen-bond donors (Lipinski definition) is 0. The molecule has 0 amide bonds. The Balaban J connectivity index is 1.76. The van der Waals surface area contributed by atoms with Crippen molar-refractivity contribution >= 4 is 15.9 Å². The summed E-state index contributed by atoms with van der Waals surface area (Å²) >= 11 is 3.89. The van der Waals surface area contributed by atoms with E-state index in [1.165, 1.54) is 37.7 Å². The first-order valence-corrected chi connectivity index (χ1v) is 8.56. The van der Waals surface area contributed by atoms with Crippen molar-refractivity contribution in [3.8, 4) is 5.75 Å². The van der Waals surface area contributed by atoms with Crippen molar-refractivity contribution < 1.29 is 4.74 Å². The molecule has 0 aromatic heterocycles. The maximum atomic E-state index is 6.41. The van der Waals surface area contributed by atoms with Crippen molar-refractivity contribution in [3.63, 3.8) is 0 Å². The lowest BCUT2D eigenvalue weighted by Crippen LogP contribution is -2.57. The van der Waals surface area contributed by atoms with E-state index in [-0.39, 0.29) is 0 Å². The maximum absolute atomic E-state index is 6.41. The highest BCUT2D eigenvalue weighted by atomic mass is 79.9. The average molecular weight is 323 g/mol. The van der Waals surface area contributed by atoms with Gasteiger partial charge in [-0.15, -0.1) is 0 Å². The molecule has 2 aliphatic rings. The molecule has 19 heavy (non-hydrogen) atoms. The van der Waals surface area contributed by atoms with Crippen LogP contribution in [0.1, 0.15) is 51.0 Å². The first-order valence-electron chi connectivity index (χ1n) is 7.65. The zero-order valence-corrected chi connectivity index (χ0v) is 13.3. The molecule has 0 saturated heterocycles. The summed E-state index contributed by atoms with van der Waals surface area (Å²) in [5, 5.41) is 0. The molecule has 1 nitrogen and oxygen atoms in total. The SMILES string of the molecule is CCc1ccccc1OC1CC(Br)C12CCCCC2. The summed E-state index contributed by atoms with van der Waals surface area (Å²) in [6, 6.07) is 8.52. The van der Waals surface area contributed by atoms with Crippen LogP contribution in [0.5, 0.6) is 5.75 Å². The Kier molecular flexibility index (Phi) is 3.88.